The third-order valence-electron chi connectivity index (χ3n) is 4.32. The number of hydrogen-bond acceptors (Lipinski definition) is 3. The van der Waals surface area contributed by atoms with Gasteiger partial charge in [0.15, 0.2) is 0 Å². The van der Waals surface area contributed by atoms with Crippen molar-refractivity contribution in [1.29, 1.82) is 0 Å². The van der Waals surface area contributed by atoms with Crippen molar-refractivity contribution < 1.29 is 9.59 Å². The van der Waals surface area contributed by atoms with Crippen LogP contribution in [-0.2, 0) is 0 Å². The van der Waals surface area contributed by atoms with Gasteiger partial charge in [-0.25, -0.2) is 0 Å². The van der Waals surface area contributed by atoms with Crippen molar-refractivity contribution in [1.82, 2.24) is 9.88 Å². The van der Waals surface area contributed by atoms with Crippen molar-refractivity contribution in [3.63, 3.8) is 0 Å². The van der Waals surface area contributed by atoms with Gasteiger partial charge in [-0.15, -0.1) is 0 Å². The molecule has 1 aromatic heterocycles. The second-order valence-electron chi connectivity index (χ2n) is 5.89. The lowest BCUT2D eigenvalue weighted by atomic mass is 10.1. The largest absolute Gasteiger partial charge is 0.339 e. The molecule has 5 nitrogen and oxygen atoms in total. The number of aromatic nitrogens is 1. The molecule has 3 aromatic rings. The number of benzene rings is 2. The van der Waals surface area contributed by atoms with Gasteiger partial charge in [0.25, 0.3) is 11.8 Å². The number of hydrogen-bond donors (Lipinski definition) is 1. The number of nitrogens with one attached hydrogen (secondary N) is 1. The summed E-state index contributed by atoms with van der Waals surface area (Å²) in [5.41, 5.74) is 2.43. The summed E-state index contributed by atoms with van der Waals surface area (Å²) < 4.78 is 0. The molecule has 0 saturated heterocycles. The summed E-state index contributed by atoms with van der Waals surface area (Å²) in [7, 11) is 0. The van der Waals surface area contributed by atoms with Crippen LogP contribution in [0.3, 0.4) is 0 Å². The second-order valence-corrected chi connectivity index (χ2v) is 5.89. The van der Waals surface area contributed by atoms with Gasteiger partial charge >= 0.3 is 0 Å². The zero-order chi connectivity index (χ0) is 18.5. The molecule has 0 spiro atoms. The Bertz CT molecular complexity index is 926. The van der Waals surface area contributed by atoms with E-state index in [1.54, 1.807) is 41.4 Å². The Morgan fingerprint density at radius 3 is 2.35 bits per heavy atom. The van der Waals surface area contributed by atoms with Crippen molar-refractivity contribution in [3.8, 4) is 0 Å². The molecule has 5 heteroatoms. The Hall–Kier alpha value is -3.21. The molecule has 1 N–H and O–H groups in total. The van der Waals surface area contributed by atoms with Crippen molar-refractivity contribution >= 4 is 28.4 Å². The Kier molecular flexibility index (Phi) is 5.27. The van der Waals surface area contributed by atoms with Crippen LogP contribution in [-0.4, -0.2) is 34.8 Å². The van der Waals surface area contributed by atoms with Crippen molar-refractivity contribution in [2.24, 2.45) is 0 Å². The molecule has 2 aromatic carbocycles. The second kappa shape index (κ2) is 7.78. The summed E-state index contributed by atoms with van der Waals surface area (Å²) in [6.07, 6.45) is 1.67. The first-order valence-corrected chi connectivity index (χ1v) is 8.68. The molecule has 0 unspecified atom stereocenters. The van der Waals surface area contributed by atoms with Crippen molar-refractivity contribution in [2.45, 2.75) is 13.8 Å². The Labute approximate surface area is 152 Å². The number of pyridine rings is 1. The van der Waals surface area contributed by atoms with Crippen LogP contribution in [0.4, 0.5) is 5.69 Å². The minimum atomic E-state index is -0.225. The van der Waals surface area contributed by atoms with E-state index >= 15 is 0 Å². The molecule has 0 aliphatic carbocycles. The Balaban J connectivity index is 1.78. The van der Waals surface area contributed by atoms with Gasteiger partial charge in [-0.05, 0) is 50.2 Å². The van der Waals surface area contributed by atoms with E-state index in [2.05, 4.69) is 10.3 Å². The number of para-hydroxylation sites is 1. The average Bonchev–Trinajstić information content (AvgIpc) is 2.69. The first kappa shape index (κ1) is 17.6. The van der Waals surface area contributed by atoms with Gasteiger partial charge in [0.1, 0.15) is 0 Å². The average molecular weight is 347 g/mol. The zero-order valence-corrected chi connectivity index (χ0v) is 14.9. The fourth-order valence-corrected chi connectivity index (χ4v) is 2.88. The SMILES string of the molecule is CCN(CC)C(=O)c1ccc(NC(=O)c2cccc3cccnc23)cc1. The number of carbonyl (C=O) groups excluding carboxylic acids is 2. The third kappa shape index (κ3) is 3.57. The standard InChI is InChI=1S/C21H21N3O2/c1-3-24(4-2)21(26)16-10-12-17(13-11-16)23-20(25)18-9-5-7-15-8-6-14-22-19(15)18/h5-14H,3-4H2,1-2H3,(H,23,25). The lowest BCUT2D eigenvalue weighted by Gasteiger charge is -2.18. The molecule has 1 heterocycles. The van der Waals surface area contributed by atoms with Crippen LogP contribution < -0.4 is 5.32 Å². The number of nitrogens with zero attached hydrogens (tertiary/aromatic N) is 2. The van der Waals surface area contributed by atoms with E-state index in [0.717, 1.165) is 5.39 Å². The molecule has 0 fully saturated rings. The molecule has 0 saturated carbocycles. The Morgan fingerprint density at radius 1 is 0.962 bits per heavy atom. The van der Waals surface area contributed by atoms with Crippen LogP contribution in [0, 0.1) is 0 Å². The minimum Gasteiger partial charge on any atom is -0.339 e. The summed E-state index contributed by atoms with van der Waals surface area (Å²) >= 11 is 0. The third-order valence-corrected chi connectivity index (χ3v) is 4.32. The molecule has 0 aliphatic rings. The van der Waals surface area contributed by atoms with E-state index in [0.29, 0.717) is 35.4 Å². The topological polar surface area (TPSA) is 62.3 Å². The van der Waals surface area contributed by atoms with E-state index in [4.69, 9.17) is 0 Å². The van der Waals surface area contributed by atoms with Crippen LogP contribution in [0.2, 0.25) is 0 Å². The van der Waals surface area contributed by atoms with Gasteiger partial charge in [-0.1, -0.05) is 18.2 Å². The molecule has 0 atom stereocenters. The van der Waals surface area contributed by atoms with Gasteiger partial charge in [-0.3, -0.25) is 14.6 Å². The van der Waals surface area contributed by atoms with E-state index in [1.807, 2.05) is 38.1 Å². The molecule has 3 rings (SSSR count). The van der Waals surface area contributed by atoms with Crippen LogP contribution in [0.1, 0.15) is 34.6 Å². The predicted octanol–water partition coefficient (Wildman–Crippen LogP) is 3.97. The maximum absolute atomic E-state index is 12.6. The highest BCUT2D eigenvalue weighted by Gasteiger charge is 2.14. The number of anilines is 1. The summed E-state index contributed by atoms with van der Waals surface area (Å²) in [5.74, 6) is -0.233. The zero-order valence-electron chi connectivity index (χ0n) is 14.9. The molecule has 0 bridgehead atoms. The number of carbonyl (C=O) groups is 2. The molecule has 2 amide bonds. The van der Waals surface area contributed by atoms with Gasteiger partial charge in [-0.2, -0.15) is 0 Å². The quantitative estimate of drug-likeness (QED) is 0.760. The smallest absolute Gasteiger partial charge is 0.257 e. The molecule has 0 aliphatic heterocycles. The van der Waals surface area contributed by atoms with Crippen LogP contribution in [0.5, 0.6) is 0 Å². The highest BCUT2D eigenvalue weighted by Crippen LogP contribution is 2.18. The number of amides is 2. The maximum atomic E-state index is 12.6. The highest BCUT2D eigenvalue weighted by molar-refractivity contribution is 6.11. The van der Waals surface area contributed by atoms with Gasteiger partial charge in [0, 0.05) is 35.9 Å². The lowest BCUT2D eigenvalue weighted by molar-refractivity contribution is 0.0773. The van der Waals surface area contributed by atoms with E-state index in [-0.39, 0.29) is 11.8 Å². The molecule has 26 heavy (non-hydrogen) atoms. The van der Waals surface area contributed by atoms with E-state index in [9.17, 15) is 9.59 Å². The monoisotopic (exact) mass is 347 g/mol. The normalized spacial score (nSPS) is 10.5. The summed E-state index contributed by atoms with van der Waals surface area (Å²) in [6.45, 7) is 5.24. The summed E-state index contributed by atoms with van der Waals surface area (Å²) in [4.78, 5) is 31.0. The van der Waals surface area contributed by atoms with Crippen molar-refractivity contribution in [3.05, 3.63) is 71.9 Å². The molecular formula is C21H21N3O2. The lowest BCUT2D eigenvalue weighted by Crippen LogP contribution is -2.30. The Morgan fingerprint density at radius 2 is 1.65 bits per heavy atom. The van der Waals surface area contributed by atoms with Crippen LogP contribution in [0.15, 0.2) is 60.8 Å². The number of rotatable bonds is 5. The van der Waals surface area contributed by atoms with Crippen LogP contribution in [0.25, 0.3) is 10.9 Å². The van der Waals surface area contributed by atoms with E-state index in [1.165, 1.54) is 0 Å². The molecule has 0 radical (unpaired) electrons. The van der Waals surface area contributed by atoms with Gasteiger partial charge < -0.3 is 10.2 Å². The molecule has 132 valence electrons. The van der Waals surface area contributed by atoms with Crippen molar-refractivity contribution in [2.75, 3.05) is 18.4 Å². The van der Waals surface area contributed by atoms with Gasteiger partial charge in [0.05, 0.1) is 11.1 Å². The molecular weight excluding hydrogens is 326 g/mol. The number of fused-ring (bicyclic) bond motifs is 1. The van der Waals surface area contributed by atoms with E-state index < -0.39 is 0 Å². The summed E-state index contributed by atoms with van der Waals surface area (Å²) in [5, 5.41) is 3.79. The minimum absolute atomic E-state index is 0.00821. The van der Waals surface area contributed by atoms with Gasteiger partial charge in [0.2, 0.25) is 0 Å². The summed E-state index contributed by atoms with van der Waals surface area (Å²) in [6, 6.07) is 16.2. The first-order valence-electron chi connectivity index (χ1n) is 8.68. The first-order chi connectivity index (χ1) is 12.6. The predicted molar refractivity (Wildman–Crippen MR) is 103 cm³/mol. The fraction of sp³-hybridized carbons (Fsp3) is 0.190. The van der Waals surface area contributed by atoms with Crippen LogP contribution >= 0.6 is 0 Å². The maximum Gasteiger partial charge on any atom is 0.257 e. The highest BCUT2D eigenvalue weighted by atomic mass is 16.2. The fourth-order valence-electron chi connectivity index (χ4n) is 2.88.